The molecular weight excluding hydrogens is 226 g/mol. The highest BCUT2D eigenvalue weighted by Crippen LogP contribution is 2.27. The highest BCUT2D eigenvalue weighted by atomic mass is 32.2. The van der Waals surface area contributed by atoms with Crippen LogP contribution in [-0.4, -0.2) is 23.6 Å². The van der Waals surface area contributed by atoms with Crippen LogP contribution in [0.3, 0.4) is 0 Å². The summed E-state index contributed by atoms with van der Waals surface area (Å²) >= 11 is 2.07. The number of unbranched alkanes of at least 4 members (excludes halogenated alkanes) is 3. The summed E-state index contributed by atoms with van der Waals surface area (Å²) in [5, 5.41) is 4.74. The van der Waals surface area contributed by atoms with Crippen LogP contribution in [0.4, 0.5) is 0 Å². The number of hydrogen-bond donors (Lipinski definition) is 1. The van der Waals surface area contributed by atoms with Gasteiger partial charge in [0, 0.05) is 17.3 Å². The summed E-state index contributed by atoms with van der Waals surface area (Å²) < 4.78 is 0. The Morgan fingerprint density at radius 3 is 2.65 bits per heavy atom. The zero-order valence-electron chi connectivity index (χ0n) is 12.0. The molecule has 0 aliphatic heterocycles. The fourth-order valence-corrected chi connectivity index (χ4v) is 3.84. The van der Waals surface area contributed by atoms with E-state index >= 15 is 0 Å². The van der Waals surface area contributed by atoms with Gasteiger partial charge in [-0.15, -0.1) is 0 Å². The number of thioether (sulfide) groups is 1. The fraction of sp³-hybridized carbons (Fsp3) is 1.00. The second-order valence-electron chi connectivity index (χ2n) is 5.58. The van der Waals surface area contributed by atoms with E-state index in [4.69, 9.17) is 0 Å². The van der Waals surface area contributed by atoms with E-state index in [1.165, 1.54) is 57.8 Å². The summed E-state index contributed by atoms with van der Waals surface area (Å²) in [4.78, 5) is 0. The molecule has 2 heteroatoms. The summed E-state index contributed by atoms with van der Waals surface area (Å²) in [7, 11) is 0. The molecule has 0 amide bonds. The average Bonchev–Trinajstić information content (AvgIpc) is 2.35. The molecule has 0 aromatic carbocycles. The largest absolute Gasteiger partial charge is 0.310 e. The lowest BCUT2D eigenvalue weighted by atomic mass is 9.94. The molecule has 0 spiro atoms. The van der Waals surface area contributed by atoms with Crippen LogP contribution in [-0.2, 0) is 0 Å². The highest BCUT2D eigenvalue weighted by molar-refractivity contribution is 7.99. The van der Waals surface area contributed by atoms with Crippen molar-refractivity contribution >= 4 is 11.8 Å². The SMILES string of the molecule is CCCCCCC(C)NC1CCCCC1SC. The summed E-state index contributed by atoms with van der Waals surface area (Å²) in [5.41, 5.74) is 0. The first kappa shape index (κ1) is 15.4. The Labute approximate surface area is 113 Å². The van der Waals surface area contributed by atoms with Gasteiger partial charge in [-0.3, -0.25) is 0 Å². The maximum absolute atomic E-state index is 3.88. The van der Waals surface area contributed by atoms with Crippen molar-refractivity contribution in [2.24, 2.45) is 0 Å². The normalized spacial score (nSPS) is 27.0. The first-order valence-electron chi connectivity index (χ1n) is 7.56. The Bertz CT molecular complexity index is 184. The monoisotopic (exact) mass is 257 g/mol. The van der Waals surface area contributed by atoms with E-state index in [0.717, 1.165) is 11.3 Å². The van der Waals surface area contributed by atoms with Gasteiger partial charge in [0.2, 0.25) is 0 Å². The first-order chi connectivity index (χ1) is 8.27. The molecule has 1 fully saturated rings. The van der Waals surface area contributed by atoms with Gasteiger partial charge in [0.1, 0.15) is 0 Å². The molecule has 102 valence electrons. The number of nitrogens with one attached hydrogen (secondary N) is 1. The van der Waals surface area contributed by atoms with Crippen molar-refractivity contribution in [3.63, 3.8) is 0 Å². The second kappa shape index (κ2) is 9.27. The van der Waals surface area contributed by atoms with Gasteiger partial charge < -0.3 is 5.32 Å². The van der Waals surface area contributed by atoms with Crippen LogP contribution in [0.2, 0.25) is 0 Å². The molecular formula is C15H31NS. The third-order valence-electron chi connectivity index (χ3n) is 3.99. The molecule has 1 rings (SSSR count). The Morgan fingerprint density at radius 2 is 1.94 bits per heavy atom. The van der Waals surface area contributed by atoms with E-state index < -0.39 is 0 Å². The van der Waals surface area contributed by atoms with Crippen LogP contribution < -0.4 is 5.32 Å². The summed E-state index contributed by atoms with van der Waals surface area (Å²) in [6.45, 7) is 4.66. The summed E-state index contributed by atoms with van der Waals surface area (Å²) in [6, 6.07) is 1.49. The van der Waals surface area contributed by atoms with Crippen LogP contribution in [0.25, 0.3) is 0 Å². The van der Waals surface area contributed by atoms with Gasteiger partial charge in [0.25, 0.3) is 0 Å². The molecule has 0 saturated heterocycles. The smallest absolute Gasteiger partial charge is 0.0198 e. The van der Waals surface area contributed by atoms with Gasteiger partial charge in [-0.25, -0.2) is 0 Å². The minimum atomic E-state index is 0.713. The molecule has 1 N–H and O–H groups in total. The van der Waals surface area contributed by atoms with E-state index in [0.29, 0.717) is 6.04 Å². The van der Waals surface area contributed by atoms with Crippen LogP contribution in [0.5, 0.6) is 0 Å². The lowest BCUT2D eigenvalue weighted by Crippen LogP contribution is -2.44. The van der Waals surface area contributed by atoms with Gasteiger partial charge in [-0.1, -0.05) is 45.4 Å². The predicted octanol–water partition coefficient (Wildman–Crippen LogP) is 4.61. The Kier molecular flexibility index (Phi) is 8.38. The Hall–Kier alpha value is 0.310. The van der Waals surface area contributed by atoms with Gasteiger partial charge in [-0.05, 0) is 32.4 Å². The second-order valence-corrected chi connectivity index (χ2v) is 6.66. The van der Waals surface area contributed by atoms with E-state index in [9.17, 15) is 0 Å². The standard InChI is InChI=1S/C15H31NS/c1-4-5-6-7-10-13(2)16-14-11-8-9-12-15(14)17-3/h13-16H,4-12H2,1-3H3. The minimum absolute atomic E-state index is 0.713. The van der Waals surface area contributed by atoms with E-state index in [1.807, 2.05) is 0 Å². The molecule has 17 heavy (non-hydrogen) atoms. The predicted molar refractivity (Wildman–Crippen MR) is 80.9 cm³/mol. The third-order valence-corrected chi connectivity index (χ3v) is 5.16. The van der Waals surface area contributed by atoms with E-state index in [-0.39, 0.29) is 0 Å². The van der Waals surface area contributed by atoms with E-state index in [1.54, 1.807) is 0 Å². The molecule has 0 heterocycles. The summed E-state index contributed by atoms with van der Waals surface area (Å²) in [6.07, 6.45) is 14.9. The van der Waals surface area contributed by atoms with Crippen molar-refractivity contribution in [3.8, 4) is 0 Å². The molecule has 0 bridgehead atoms. The van der Waals surface area contributed by atoms with Gasteiger partial charge in [0.05, 0.1) is 0 Å². The third kappa shape index (κ3) is 6.15. The van der Waals surface area contributed by atoms with Crippen LogP contribution in [0.15, 0.2) is 0 Å². The number of hydrogen-bond acceptors (Lipinski definition) is 2. The van der Waals surface area contributed by atoms with Crippen molar-refractivity contribution in [2.45, 2.75) is 89.0 Å². The molecule has 0 radical (unpaired) electrons. The fourth-order valence-electron chi connectivity index (χ4n) is 2.90. The van der Waals surface area contributed by atoms with Crippen molar-refractivity contribution in [1.29, 1.82) is 0 Å². The molecule has 3 unspecified atom stereocenters. The molecule has 1 aliphatic carbocycles. The zero-order valence-corrected chi connectivity index (χ0v) is 12.8. The van der Waals surface area contributed by atoms with Crippen LogP contribution >= 0.6 is 11.8 Å². The van der Waals surface area contributed by atoms with Crippen LogP contribution in [0, 0.1) is 0 Å². The van der Waals surface area contributed by atoms with Crippen molar-refractivity contribution in [2.75, 3.05) is 6.26 Å². The Balaban J connectivity index is 2.16. The molecule has 0 aromatic rings. The molecule has 1 saturated carbocycles. The van der Waals surface area contributed by atoms with Crippen molar-refractivity contribution in [1.82, 2.24) is 5.32 Å². The minimum Gasteiger partial charge on any atom is -0.310 e. The maximum atomic E-state index is 3.88. The highest BCUT2D eigenvalue weighted by Gasteiger charge is 2.24. The van der Waals surface area contributed by atoms with Gasteiger partial charge in [-0.2, -0.15) is 11.8 Å². The topological polar surface area (TPSA) is 12.0 Å². The maximum Gasteiger partial charge on any atom is 0.0198 e. The Morgan fingerprint density at radius 1 is 1.18 bits per heavy atom. The lowest BCUT2D eigenvalue weighted by molar-refractivity contribution is 0.341. The number of rotatable bonds is 8. The van der Waals surface area contributed by atoms with Gasteiger partial charge >= 0.3 is 0 Å². The van der Waals surface area contributed by atoms with Crippen molar-refractivity contribution < 1.29 is 0 Å². The van der Waals surface area contributed by atoms with Gasteiger partial charge in [0.15, 0.2) is 0 Å². The van der Waals surface area contributed by atoms with Crippen molar-refractivity contribution in [3.05, 3.63) is 0 Å². The summed E-state index contributed by atoms with van der Waals surface area (Å²) in [5.74, 6) is 0. The quantitative estimate of drug-likeness (QED) is 0.637. The van der Waals surface area contributed by atoms with Crippen LogP contribution in [0.1, 0.15) is 71.6 Å². The first-order valence-corrected chi connectivity index (χ1v) is 8.85. The lowest BCUT2D eigenvalue weighted by Gasteiger charge is -2.33. The molecule has 1 aliphatic rings. The van der Waals surface area contributed by atoms with E-state index in [2.05, 4.69) is 37.2 Å². The molecule has 1 nitrogen and oxygen atoms in total. The molecule has 0 aromatic heterocycles. The zero-order chi connectivity index (χ0) is 12.5. The average molecular weight is 257 g/mol. The molecule has 3 atom stereocenters.